The van der Waals surface area contributed by atoms with E-state index < -0.39 is 0 Å². The van der Waals surface area contributed by atoms with E-state index in [4.69, 9.17) is 0 Å². The lowest BCUT2D eigenvalue weighted by atomic mass is 10.00. The monoisotopic (exact) mass is 232 g/mol. The van der Waals surface area contributed by atoms with Gasteiger partial charge in [-0.1, -0.05) is 25.1 Å². The number of hydrogen-bond donors (Lipinski definition) is 1. The van der Waals surface area contributed by atoms with Crippen LogP contribution in [-0.2, 0) is 7.05 Å². The highest BCUT2D eigenvalue weighted by atomic mass is 16.3. The van der Waals surface area contributed by atoms with Crippen LogP contribution in [0.25, 0.3) is 5.69 Å². The Morgan fingerprint density at radius 3 is 2.59 bits per heavy atom. The fourth-order valence-electron chi connectivity index (χ4n) is 1.87. The maximum absolute atomic E-state index is 11.9. The molecule has 1 aromatic heterocycles. The molecule has 4 nitrogen and oxygen atoms in total. The average Bonchev–Trinajstić information content (AvgIpc) is 2.69. The third-order valence-electron chi connectivity index (χ3n) is 2.95. The fraction of sp³-hybridized carbons (Fsp3) is 0.308. The topological polar surface area (TPSA) is 47.2 Å². The average molecular weight is 232 g/mol. The molecule has 1 aromatic carbocycles. The highest BCUT2D eigenvalue weighted by Crippen LogP contribution is 2.21. The Labute approximate surface area is 99.8 Å². The predicted octanol–water partition coefficient (Wildman–Crippen LogP) is 1.27. The van der Waals surface area contributed by atoms with E-state index in [1.165, 1.54) is 4.57 Å². The van der Waals surface area contributed by atoms with Crippen LogP contribution in [0.15, 0.2) is 41.5 Å². The van der Waals surface area contributed by atoms with Crippen LogP contribution < -0.4 is 5.69 Å². The van der Waals surface area contributed by atoms with Crippen LogP contribution in [0.4, 0.5) is 0 Å². The number of aromatic nitrogens is 2. The molecule has 90 valence electrons. The highest BCUT2D eigenvalue weighted by molar-refractivity contribution is 5.43. The lowest BCUT2D eigenvalue weighted by Gasteiger charge is -2.14. The molecule has 1 unspecified atom stereocenters. The zero-order valence-electron chi connectivity index (χ0n) is 10.00. The normalized spacial score (nSPS) is 12.6. The van der Waals surface area contributed by atoms with E-state index in [0.29, 0.717) is 0 Å². The minimum atomic E-state index is -0.0809. The molecular formula is C13H16N2O2. The van der Waals surface area contributed by atoms with Crippen LogP contribution in [0.1, 0.15) is 18.4 Å². The Bertz CT molecular complexity index is 569. The van der Waals surface area contributed by atoms with E-state index >= 15 is 0 Å². The van der Waals surface area contributed by atoms with Crippen molar-refractivity contribution in [2.24, 2.45) is 7.05 Å². The van der Waals surface area contributed by atoms with Gasteiger partial charge >= 0.3 is 5.69 Å². The van der Waals surface area contributed by atoms with E-state index in [1.807, 2.05) is 31.2 Å². The second-order valence-electron chi connectivity index (χ2n) is 4.20. The number of rotatable bonds is 3. The summed E-state index contributed by atoms with van der Waals surface area (Å²) in [6.07, 6.45) is 3.47. The minimum absolute atomic E-state index is 0.0123. The van der Waals surface area contributed by atoms with Gasteiger partial charge in [-0.05, 0) is 11.6 Å². The molecule has 1 atom stereocenters. The van der Waals surface area contributed by atoms with Crippen molar-refractivity contribution >= 4 is 0 Å². The van der Waals surface area contributed by atoms with Crippen LogP contribution in [-0.4, -0.2) is 20.8 Å². The molecule has 0 aliphatic carbocycles. The third kappa shape index (κ3) is 2.03. The Morgan fingerprint density at radius 2 is 2.00 bits per heavy atom. The SMILES string of the molecule is CC(CO)c1ccccc1-n1ccn(C)c1=O. The lowest BCUT2D eigenvalue weighted by Crippen LogP contribution is -2.21. The predicted molar refractivity (Wildman–Crippen MR) is 66.5 cm³/mol. The van der Waals surface area contributed by atoms with Gasteiger partial charge in [-0.25, -0.2) is 4.79 Å². The Kier molecular flexibility index (Phi) is 3.15. The van der Waals surface area contributed by atoms with E-state index in [-0.39, 0.29) is 18.2 Å². The van der Waals surface area contributed by atoms with Crippen molar-refractivity contribution in [1.29, 1.82) is 0 Å². The van der Waals surface area contributed by atoms with E-state index in [0.717, 1.165) is 11.3 Å². The molecule has 0 aliphatic rings. The number of aliphatic hydroxyl groups excluding tert-OH is 1. The summed E-state index contributed by atoms with van der Waals surface area (Å²) in [6, 6.07) is 7.64. The first-order valence-corrected chi connectivity index (χ1v) is 5.59. The second kappa shape index (κ2) is 4.59. The molecule has 0 amide bonds. The van der Waals surface area contributed by atoms with Crippen molar-refractivity contribution in [3.63, 3.8) is 0 Å². The maximum atomic E-state index is 11.9. The molecule has 0 saturated carbocycles. The van der Waals surface area contributed by atoms with Crippen molar-refractivity contribution in [3.8, 4) is 5.69 Å². The van der Waals surface area contributed by atoms with Crippen molar-refractivity contribution in [2.75, 3.05) is 6.61 Å². The first kappa shape index (κ1) is 11.7. The molecule has 4 heteroatoms. The second-order valence-corrected chi connectivity index (χ2v) is 4.20. The Hall–Kier alpha value is -1.81. The summed E-state index contributed by atoms with van der Waals surface area (Å²) in [7, 11) is 1.72. The summed E-state index contributed by atoms with van der Waals surface area (Å²) in [6.45, 7) is 2.01. The molecule has 0 fully saturated rings. The number of benzene rings is 1. The van der Waals surface area contributed by atoms with Crippen molar-refractivity contribution in [3.05, 3.63) is 52.7 Å². The lowest BCUT2D eigenvalue weighted by molar-refractivity contribution is 0.273. The number of imidazole rings is 1. The molecule has 17 heavy (non-hydrogen) atoms. The highest BCUT2D eigenvalue weighted by Gasteiger charge is 2.12. The molecule has 0 saturated heterocycles. The largest absolute Gasteiger partial charge is 0.396 e. The smallest absolute Gasteiger partial charge is 0.332 e. The van der Waals surface area contributed by atoms with Crippen molar-refractivity contribution in [2.45, 2.75) is 12.8 Å². The van der Waals surface area contributed by atoms with Crippen LogP contribution in [0.5, 0.6) is 0 Å². The summed E-state index contributed by atoms with van der Waals surface area (Å²) in [5, 5.41) is 9.24. The van der Waals surface area contributed by atoms with Gasteiger partial charge in [0.25, 0.3) is 0 Å². The van der Waals surface area contributed by atoms with Crippen LogP contribution in [0, 0.1) is 0 Å². The molecule has 0 radical (unpaired) electrons. The molecule has 0 aliphatic heterocycles. The van der Waals surface area contributed by atoms with Gasteiger partial charge in [0, 0.05) is 32.0 Å². The summed E-state index contributed by atoms with van der Waals surface area (Å²) in [4.78, 5) is 11.9. The molecule has 2 rings (SSSR count). The number of para-hydroxylation sites is 1. The zero-order chi connectivity index (χ0) is 12.4. The Balaban J connectivity index is 2.60. The first-order chi connectivity index (χ1) is 8.15. The van der Waals surface area contributed by atoms with Gasteiger partial charge in [0.2, 0.25) is 0 Å². The van der Waals surface area contributed by atoms with Gasteiger partial charge in [-0.15, -0.1) is 0 Å². The third-order valence-corrected chi connectivity index (χ3v) is 2.95. The number of aryl methyl sites for hydroxylation is 1. The summed E-state index contributed by atoms with van der Waals surface area (Å²) >= 11 is 0. The van der Waals surface area contributed by atoms with Gasteiger partial charge in [-0.3, -0.25) is 4.57 Å². The van der Waals surface area contributed by atoms with E-state index in [2.05, 4.69) is 0 Å². The van der Waals surface area contributed by atoms with Gasteiger partial charge in [-0.2, -0.15) is 0 Å². The first-order valence-electron chi connectivity index (χ1n) is 5.59. The maximum Gasteiger partial charge on any atom is 0.332 e. The quantitative estimate of drug-likeness (QED) is 0.866. The zero-order valence-corrected chi connectivity index (χ0v) is 10.00. The number of nitrogens with zero attached hydrogens (tertiary/aromatic N) is 2. The molecule has 0 spiro atoms. The van der Waals surface area contributed by atoms with Crippen LogP contribution in [0.3, 0.4) is 0 Å². The van der Waals surface area contributed by atoms with Gasteiger partial charge in [0.1, 0.15) is 0 Å². The standard InChI is InChI=1S/C13H16N2O2/c1-10(9-16)11-5-3-4-6-12(11)15-8-7-14(2)13(15)17/h3-8,10,16H,9H2,1-2H3. The van der Waals surface area contributed by atoms with Gasteiger partial charge in [0.05, 0.1) is 5.69 Å². The van der Waals surface area contributed by atoms with Crippen molar-refractivity contribution in [1.82, 2.24) is 9.13 Å². The number of hydrogen-bond acceptors (Lipinski definition) is 2. The summed E-state index contributed by atoms with van der Waals surface area (Å²) < 4.78 is 3.13. The molecule has 1 N–H and O–H groups in total. The van der Waals surface area contributed by atoms with Gasteiger partial charge in [0.15, 0.2) is 0 Å². The van der Waals surface area contributed by atoms with Crippen LogP contribution in [0.2, 0.25) is 0 Å². The fourth-order valence-corrected chi connectivity index (χ4v) is 1.87. The number of aliphatic hydroxyl groups is 1. The minimum Gasteiger partial charge on any atom is -0.396 e. The van der Waals surface area contributed by atoms with E-state index in [9.17, 15) is 9.90 Å². The van der Waals surface area contributed by atoms with Gasteiger partial charge < -0.3 is 9.67 Å². The van der Waals surface area contributed by atoms with E-state index in [1.54, 1.807) is 24.0 Å². The molecule has 2 aromatic rings. The summed E-state index contributed by atoms with van der Waals surface area (Å²) in [5.41, 5.74) is 1.73. The molecule has 1 heterocycles. The summed E-state index contributed by atoms with van der Waals surface area (Å²) in [5.74, 6) is 0.0123. The van der Waals surface area contributed by atoms with Crippen LogP contribution >= 0.6 is 0 Å². The Morgan fingerprint density at radius 1 is 1.29 bits per heavy atom. The molecular weight excluding hydrogens is 216 g/mol. The van der Waals surface area contributed by atoms with Crippen molar-refractivity contribution < 1.29 is 5.11 Å². The molecule has 0 bridgehead atoms.